The second-order valence-electron chi connectivity index (χ2n) is 31.8. The van der Waals surface area contributed by atoms with Crippen molar-refractivity contribution in [2.24, 2.45) is 63.9 Å². The lowest BCUT2D eigenvalue weighted by Crippen LogP contribution is -2.61. The Bertz CT molecular complexity index is 3070. The topological polar surface area (TPSA) is 376 Å². The number of carbonyl (C=O) groups is 10. The monoisotopic (exact) mass is 1380 g/mol. The molecule has 548 valence electrons. The van der Waals surface area contributed by atoms with Crippen molar-refractivity contribution in [2.75, 3.05) is 13.1 Å². The average molecular weight is 1380 g/mol. The van der Waals surface area contributed by atoms with Crippen molar-refractivity contribution in [2.45, 2.75) is 283 Å². The Hall–Kier alpha value is -6.86. The summed E-state index contributed by atoms with van der Waals surface area (Å²) in [6.45, 7) is 16.1. The van der Waals surface area contributed by atoms with Crippen LogP contribution < -0.4 is 32.3 Å². The molecule has 4 heterocycles. The third-order valence-electron chi connectivity index (χ3n) is 22.0. The third-order valence-corrected chi connectivity index (χ3v) is 22.0. The summed E-state index contributed by atoms with van der Waals surface area (Å²) in [5.41, 5.74) is 4.72. The number of aromatic nitrogens is 4. The van der Waals surface area contributed by atoms with E-state index in [-0.39, 0.29) is 119 Å². The number of ketones is 2. The van der Waals surface area contributed by atoms with Crippen LogP contribution in [-0.2, 0) is 38.4 Å². The van der Waals surface area contributed by atoms with Crippen molar-refractivity contribution >= 4 is 58.9 Å². The van der Waals surface area contributed by atoms with Crippen molar-refractivity contribution in [3.63, 3.8) is 0 Å². The van der Waals surface area contributed by atoms with E-state index in [9.17, 15) is 63.3 Å². The van der Waals surface area contributed by atoms with Gasteiger partial charge in [0.1, 0.15) is 41.7 Å². The summed E-state index contributed by atoms with van der Waals surface area (Å²) >= 11 is 0. The molecule has 0 aromatic carbocycles. The van der Waals surface area contributed by atoms with Crippen LogP contribution in [0.1, 0.15) is 243 Å². The fraction of sp³-hybridized carbons (Fsp3) is 0.757. The maximum absolute atomic E-state index is 14.6. The zero-order valence-corrected chi connectivity index (χ0v) is 59.8. The van der Waals surface area contributed by atoms with Gasteiger partial charge in [0.2, 0.25) is 29.5 Å². The summed E-state index contributed by atoms with van der Waals surface area (Å²) in [6.07, 6.45) is 27.7. The number of likely N-dealkylation sites (tertiary alicyclic amines) is 2. The van der Waals surface area contributed by atoms with Crippen molar-refractivity contribution in [3.05, 3.63) is 48.6 Å². The summed E-state index contributed by atoms with van der Waals surface area (Å²) < 4.78 is 0. The molecular weight excluding hydrogens is 1260 g/mol. The van der Waals surface area contributed by atoms with Gasteiger partial charge in [-0.3, -0.25) is 53.1 Å². The first-order valence-electron chi connectivity index (χ1n) is 37.2. The van der Waals surface area contributed by atoms with Gasteiger partial charge in [0.25, 0.3) is 11.8 Å². The molecular formula is C74H114N12O13. The van der Waals surface area contributed by atoms with Crippen LogP contribution in [0.3, 0.4) is 0 Å². The number of nitrogens with one attached hydrogen (secondary N) is 5. The number of nitrogens with two attached hydrogens (primary N) is 1. The Morgan fingerprint density at radius 3 is 1.31 bits per heavy atom. The van der Waals surface area contributed by atoms with E-state index in [1.807, 2.05) is 55.4 Å². The normalized spacial score (nSPS) is 24.8. The number of Topliss-reactive ketones (excluding diaryl/α,β-unsaturated/α-hetero) is 2. The lowest BCUT2D eigenvalue weighted by molar-refractivity contribution is -0.152. The van der Waals surface area contributed by atoms with E-state index in [2.05, 4.69) is 46.5 Å². The first kappa shape index (κ1) is 77.9. The molecule has 10 rings (SSSR count). The number of nitrogens with zero attached hydrogens (tertiary/aromatic N) is 6. The smallest absolute Gasteiger partial charge is 0.326 e. The lowest BCUT2D eigenvalue weighted by atomic mass is 9.76. The van der Waals surface area contributed by atoms with Gasteiger partial charge in [0, 0.05) is 80.7 Å². The average Bonchev–Trinajstić information content (AvgIpc) is 1.64. The maximum Gasteiger partial charge on any atom is 0.326 e. The molecule has 14 atom stereocenters. The van der Waals surface area contributed by atoms with Gasteiger partial charge >= 0.3 is 5.97 Å². The largest absolute Gasteiger partial charge is 0.480 e. The van der Waals surface area contributed by atoms with Gasteiger partial charge in [-0.25, -0.2) is 14.8 Å². The van der Waals surface area contributed by atoms with Crippen LogP contribution >= 0.6 is 0 Å². The molecule has 25 nitrogen and oxygen atoms in total. The molecule has 0 spiro atoms. The minimum atomic E-state index is -1.39. The van der Waals surface area contributed by atoms with E-state index in [4.69, 9.17) is 5.73 Å². The fourth-order valence-electron chi connectivity index (χ4n) is 16.1. The fourth-order valence-corrected chi connectivity index (χ4v) is 16.1. The Kier molecular flexibility index (Phi) is 28.0. The highest BCUT2D eigenvalue weighted by Gasteiger charge is 2.54. The van der Waals surface area contributed by atoms with E-state index in [0.717, 1.165) is 135 Å². The van der Waals surface area contributed by atoms with Crippen LogP contribution in [0.25, 0.3) is 0 Å². The number of carboxylic acids is 1. The number of hydrogen-bond acceptors (Lipinski definition) is 17. The van der Waals surface area contributed by atoms with E-state index < -0.39 is 83.0 Å². The van der Waals surface area contributed by atoms with Gasteiger partial charge in [-0.15, -0.1) is 0 Å². The quantitative estimate of drug-likeness (QED) is 0.0427. The van der Waals surface area contributed by atoms with Crippen LogP contribution in [0, 0.1) is 58.2 Å². The first-order chi connectivity index (χ1) is 47.1. The van der Waals surface area contributed by atoms with Crippen LogP contribution in [0.2, 0.25) is 0 Å². The number of aliphatic hydroxyl groups is 2. The van der Waals surface area contributed by atoms with Crippen molar-refractivity contribution in [1.82, 2.24) is 56.3 Å². The number of carbonyl (C=O) groups excluding carboxylic acids is 9. The SMILES string of the molecule is CC(C)(C)[C@H](NC(=O)[C@@H](CC(=O)c1cnccn1)C1CCCCC1)C(=O)N1C[C@@H]2CCC[C@@H]2[C@H]1C(=O)O.CCC[C@H](N)[C@@H](O)C(=O)NC1CC1.CCC[C@H](NC(=O)[C@@H]1[C@H]2CCC[C@H]2CN1C(=O)[C@@H](NC(=O)[C@@H](CC(=O)c1cnccn1)C1CCCCC1)C(C)(C)C)[C@@H](O)C(=O)NC1CC1. The Morgan fingerprint density at radius 2 is 0.929 bits per heavy atom. The molecule has 2 aromatic rings. The molecule has 7 amide bonds. The number of amides is 7. The van der Waals surface area contributed by atoms with Gasteiger partial charge < -0.3 is 57.4 Å². The predicted molar refractivity (Wildman–Crippen MR) is 369 cm³/mol. The highest BCUT2D eigenvalue weighted by atomic mass is 16.4. The van der Waals surface area contributed by atoms with Crippen LogP contribution in [0.5, 0.6) is 0 Å². The van der Waals surface area contributed by atoms with Crippen LogP contribution in [0.15, 0.2) is 37.2 Å². The Labute approximate surface area is 584 Å². The Balaban J connectivity index is 0.000000219. The molecule has 8 aliphatic rings. The predicted octanol–water partition coefficient (Wildman–Crippen LogP) is 6.57. The summed E-state index contributed by atoms with van der Waals surface area (Å²) in [7, 11) is 0. The molecule has 99 heavy (non-hydrogen) atoms. The van der Waals surface area contributed by atoms with Crippen LogP contribution in [-0.4, -0.2) is 178 Å². The van der Waals surface area contributed by atoms with E-state index in [0.29, 0.717) is 32.4 Å². The number of aliphatic hydroxyl groups excluding tert-OH is 2. The molecule has 0 unspecified atom stereocenters. The van der Waals surface area contributed by atoms with Gasteiger partial charge in [-0.1, -0.05) is 120 Å². The van der Waals surface area contributed by atoms with E-state index in [1.165, 1.54) is 42.1 Å². The second-order valence-corrected chi connectivity index (χ2v) is 31.8. The van der Waals surface area contributed by atoms with Crippen molar-refractivity contribution in [3.8, 4) is 0 Å². The lowest BCUT2D eigenvalue weighted by Gasteiger charge is -2.38. The van der Waals surface area contributed by atoms with Gasteiger partial charge in [-0.05, 0) is 136 Å². The maximum atomic E-state index is 14.6. The first-order valence-corrected chi connectivity index (χ1v) is 37.2. The van der Waals surface area contributed by atoms with E-state index in [1.54, 1.807) is 4.90 Å². The van der Waals surface area contributed by atoms with Gasteiger partial charge in [0.15, 0.2) is 17.7 Å². The summed E-state index contributed by atoms with van der Waals surface area (Å²) in [5, 5.41) is 45.0. The molecule has 6 aliphatic carbocycles. The molecule has 8 fully saturated rings. The molecule has 2 aromatic heterocycles. The molecule has 0 bridgehead atoms. The van der Waals surface area contributed by atoms with E-state index >= 15 is 0 Å². The summed E-state index contributed by atoms with van der Waals surface area (Å²) in [6, 6.07) is -4.29. The number of fused-ring (bicyclic) bond motifs is 2. The number of rotatable bonds is 27. The molecule has 2 aliphatic heterocycles. The van der Waals surface area contributed by atoms with Crippen LogP contribution in [0.4, 0.5) is 0 Å². The molecule has 25 heteroatoms. The Morgan fingerprint density at radius 1 is 0.515 bits per heavy atom. The minimum absolute atomic E-state index is 0.00581. The molecule has 6 saturated carbocycles. The van der Waals surface area contributed by atoms with Gasteiger partial charge in [-0.2, -0.15) is 0 Å². The zero-order chi connectivity index (χ0) is 71.9. The number of aliphatic carboxylic acids is 1. The summed E-state index contributed by atoms with van der Waals surface area (Å²) in [4.78, 5) is 153. The highest BCUT2D eigenvalue weighted by Crippen LogP contribution is 2.45. The van der Waals surface area contributed by atoms with Crippen molar-refractivity contribution in [1.29, 1.82) is 0 Å². The molecule has 10 N–H and O–H groups in total. The summed E-state index contributed by atoms with van der Waals surface area (Å²) in [5.74, 6) is -4.82. The number of carboxylic acid groups (broad SMARTS) is 1. The number of hydrogen-bond donors (Lipinski definition) is 9. The zero-order valence-electron chi connectivity index (χ0n) is 59.8. The minimum Gasteiger partial charge on any atom is -0.480 e. The third kappa shape index (κ3) is 21.1. The molecule has 2 saturated heterocycles. The highest BCUT2D eigenvalue weighted by molar-refractivity contribution is 6.00. The molecule has 0 radical (unpaired) electrons. The second kappa shape index (κ2) is 35.6. The van der Waals surface area contributed by atoms with Gasteiger partial charge in [0.05, 0.1) is 18.4 Å². The van der Waals surface area contributed by atoms with Crippen molar-refractivity contribution < 1.29 is 63.3 Å². The standard InChI is InChI=1S/C37H56N6O6.C28H40N4O5.C9H18N2O2/c1-5-10-27(31(45)35(48)40-24-15-16-24)41-34(47)30-25-14-9-13-23(25)21-43(30)36(49)32(37(2,3)4)42-33(46)26(22-11-7-6-8-12-22)19-29(44)28-20-38-17-18-39-28;1-28(2,3)24(26(35)32-16-18-10-7-11-19(18)23(32)27(36)37)31-25(34)20(17-8-5-4-6-9-17)14-22(33)21-15-29-12-13-30-21;1-2-3-7(10)8(12)9(13)11-6-4-5-6/h17-18,20,22-27,30-32,45H,5-16,19,21H2,1-4H3,(H,40,48)(H,41,47)(H,42,46);12-13,15,17-20,23-24H,4-11,14,16H2,1-3H3,(H,31,34)(H,36,37);6-8,12H,2-5,10H2,1H3,(H,11,13)/t23-,25-,26-,27-,30-,31+,32+;18-,19-,20-,23-,24+;7-,8+/m000/s1.